The third-order valence-electron chi connectivity index (χ3n) is 12.1. The normalized spacial score (nSPS) is 13.5. The van der Waals surface area contributed by atoms with E-state index in [1.807, 2.05) is 12.2 Å². The molecule has 0 bridgehead atoms. The Labute approximate surface area is 484 Å². The maximum atomic E-state index is 12.9. The molecule has 0 fully saturated rings. The van der Waals surface area contributed by atoms with Gasteiger partial charge in [-0.2, -0.15) is 0 Å². The maximum absolute atomic E-state index is 12.9. The van der Waals surface area contributed by atoms with E-state index < -0.39 is 12.1 Å². The lowest BCUT2D eigenvalue weighted by atomic mass is 10.1. The molecule has 6 nitrogen and oxygen atoms in total. The summed E-state index contributed by atoms with van der Waals surface area (Å²) in [4.78, 5) is 38.2. The Bertz CT molecular complexity index is 1920. The van der Waals surface area contributed by atoms with Crippen LogP contribution in [0.5, 0.6) is 0 Å². The lowest BCUT2D eigenvalue weighted by Crippen LogP contribution is -2.30. The predicted molar refractivity (Wildman–Crippen MR) is 343 cm³/mol. The molecule has 0 aromatic carbocycles. The van der Waals surface area contributed by atoms with Crippen LogP contribution < -0.4 is 0 Å². The molecule has 0 rings (SSSR count). The molecule has 79 heavy (non-hydrogen) atoms. The van der Waals surface area contributed by atoms with Crippen LogP contribution in [0.3, 0.4) is 0 Å². The van der Waals surface area contributed by atoms with E-state index in [0.29, 0.717) is 19.3 Å². The molecule has 1 unspecified atom stereocenters. The monoisotopic (exact) mass is 1080 g/mol. The Morgan fingerprint density at radius 2 is 0.519 bits per heavy atom. The quantitative estimate of drug-likeness (QED) is 0.0261. The Morgan fingerprint density at radius 1 is 0.266 bits per heavy atom. The molecule has 0 spiro atoms. The summed E-state index contributed by atoms with van der Waals surface area (Å²) in [6.07, 6.45) is 98.7. The molecule has 0 saturated heterocycles. The zero-order chi connectivity index (χ0) is 57.1. The van der Waals surface area contributed by atoms with Crippen LogP contribution >= 0.6 is 0 Å². The molecule has 0 aliphatic carbocycles. The van der Waals surface area contributed by atoms with E-state index in [1.165, 1.54) is 6.42 Å². The van der Waals surface area contributed by atoms with Gasteiger partial charge in [0, 0.05) is 19.3 Å². The van der Waals surface area contributed by atoms with E-state index in [4.69, 9.17) is 14.2 Å². The molecule has 0 N–H and O–H groups in total. The third kappa shape index (κ3) is 63.0. The van der Waals surface area contributed by atoms with Gasteiger partial charge in [-0.1, -0.05) is 254 Å². The highest BCUT2D eigenvalue weighted by atomic mass is 16.6. The number of carbonyl (C=O) groups is 3. The third-order valence-corrected chi connectivity index (χ3v) is 12.1. The SMILES string of the molecule is CC/C=C\C/C=C\C/C=C\C/C=C\C/C=C\C/C=C\C/C=C\C/C=C\CCCCCCC(=O)OCC(COC(=O)CCCCCCC/C=C\C/C=C\CCC)OC(=O)CC/C=C\C/C=C\C/C=C\C/C=C\C/C=C\C/C=C\CC. The minimum Gasteiger partial charge on any atom is -0.462 e. The first-order valence-electron chi connectivity index (χ1n) is 30.9. The lowest BCUT2D eigenvalue weighted by molar-refractivity contribution is -0.166. The van der Waals surface area contributed by atoms with Crippen LogP contribution in [0.2, 0.25) is 0 Å². The van der Waals surface area contributed by atoms with Crippen molar-refractivity contribution in [2.75, 3.05) is 13.2 Å². The number of hydrogen-bond acceptors (Lipinski definition) is 6. The second-order valence-electron chi connectivity index (χ2n) is 19.5. The average molecular weight is 1080 g/mol. The minimum atomic E-state index is -0.848. The first kappa shape index (κ1) is 73.2. The number of allylic oxidation sites excluding steroid dienone is 32. The molecule has 1 atom stereocenters. The van der Waals surface area contributed by atoms with E-state index >= 15 is 0 Å². The van der Waals surface area contributed by atoms with Crippen molar-refractivity contribution >= 4 is 17.9 Å². The van der Waals surface area contributed by atoms with Crippen LogP contribution in [0.15, 0.2) is 194 Å². The molecule has 0 aromatic heterocycles. The summed E-state index contributed by atoms with van der Waals surface area (Å²) in [6, 6.07) is 0. The van der Waals surface area contributed by atoms with Crippen LogP contribution in [-0.4, -0.2) is 37.2 Å². The lowest BCUT2D eigenvalue weighted by Gasteiger charge is -2.18. The Balaban J connectivity index is 4.53. The standard InChI is InChI=1S/C73H110O6/c1-4-7-10-13-16-19-22-25-27-29-31-32-33-34-35-36-37-38-39-40-42-43-45-48-51-54-57-60-63-66-72(75)78-69-70(68-77-71(74)65-62-59-56-53-50-47-24-21-18-15-12-9-6-3)79-73(76)67-64-61-58-55-52-49-46-44-41-30-28-26-23-20-17-14-11-8-5-2/h7-8,10-12,15-17,19-21,24-28,31-32,34-35,37-38,40-42,44-45,48-49,52,58,61,70H,4-6,9,13-14,18,22-23,29-30,33,36,39,43,46-47,50-51,53-57,59-60,62-69H2,1-3H3/b10-7-,11-8-,15-12-,19-16-,20-17-,24-21-,27-25-,28-26-,32-31-,35-34-,38-37-,42-40-,44-41-,48-45-,52-49-,61-58-. The van der Waals surface area contributed by atoms with Crippen LogP contribution in [0.25, 0.3) is 0 Å². The van der Waals surface area contributed by atoms with E-state index in [2.05, 4.69) is 203 Å². The molecule has 0 aliphatic heterocycles. The maximum Gasteiger partial charge on any atom is 0.306 e. The first-order valence-corrected chi connectivity index (χ1v) is 30.9. The highest BCUT2D eigenvalue weighted by Gasteiger charge is 2.19. The van der Waals surface area contributed by atoms with Gasteiger partial charge in [-0.15, -0.1) is 0 Å². The summed E-state index contributed by atoms with van der Waals surface area (Å²) < 4.78 is 16.8. The highest BCUT2D eigenvalue weighted by Crippen LogP contribution is 2.12. The highest BCUT2D eigenvalue weighted by molar-refractivity contribution is 5.71. The molecule has 0 saturated carbocycles. The van der Waals surface area contributed by atoms with Crippen molar-refractivity contribution in [2.24, 2.45) is 0 Å². The summed E-state index contributed by atoms with van der Waals surface area (Å²) in [7, 11) is 0. The summed E-state index contributed by atoms with van der Waals surface area (Å²) in [5, 5.41) is 0. The Kier molecular flexibility index (Phi) is 60.1. The average Bonchev–Trinajstić information content (AvgIpc) is 3.45. The van der Waals surface area contributed by atoms with Crippen molar-refractivity contribution < 1.29 is 28.6 Å². The Hall–Kier alpha value is -5.75. The largest absolute Gasteiger partial charge is 0.462 e. The molecule has 0 aliphatic rings. The van der Waals surface area contributed by atoms with Crippen LogP contribution in [0.4, 0.5) is 0 Å². The van der Waals surface area contributed by atoms with Gasteiger partial charge in [0.1, 0.15) is 13.2 Å². The van der Waals surface area contributed by atoms with Gasteiger partial charge >= 0.3 is 17.9 Å². The number of esters is 3. The number of ether oxygens (including phenoxy) is 3. The second-order valence-corrected chi connectivity index (χ2v) is 19.5. The van der Waals surface area contributed by atoms with E-state index in [9.17, 15) is 14.4 Å². The predicted octanol–water partition coefficient (Wildman–Crippen LogP) is 21.4. The zero-order valence-corrected chi connectivity index (χ0v) is 50.0. The minimum absolute atomic E-state index is 0.134. The summed E-state index contributed by atoms with van der Waals surface area (Å²) in [5.74, 6) is -1.07. The fourth-order valence-corrected chi connectivity index (χ4v) is 7.52. The smallest absolute Gasteiger partial charge is 0.306 e. The van der Waals surface area contributed by atoms with E-state index in [-0.39, 0.29) is 31.6 Å². The van der Waals surface area contributed by atoms with Gasteiger partial charge in [-0.05, 0) is 148 Å². The fourth-order valence-electron chi connectivity index (χ4n) is 7.52. The molecule has 6 heteroatoms. The molecule has 0 radical (unpaired) electrons. The van der Waals surface area contributed by atoms with Crippen molar-refractivity contribution in [1.82, 2.24) is 0 Å². The summed E-state index contributed by atoms with van der Waals surface area (Å²) in [6.45, 7) is 6.23. The Morgan fingerprint density at radius 3 is 0.823 bits per heavy atom. The van der Waals surface area contributed by atoms with Crippen LogP contribution in [0, 0.1) is 0 Å². The molecule has 0 amide bonds. The van der Waals surface area contributed by atoms with Crippen molar-refractivity contribution in [3.63, 3.8) is 0 Å². The van der Waals surface area contributed by atoms with E-state index in [0.717, 1.165) is 173 Å². The number of rotatable bonds is 53. The number of hydrogen-bond donors (Lipinski definition) is 0. The van der Waals surface area contributed by atoms with Crippen LogP contribution in [-0.2, 0) is 28.6 Å². The topological polar surface area (TPSA) is 78.9 Å². The molecule has 0 aromatic rings. The van der Waals surface area contributed by atoms with Crippen molar-refractivity contribution in [3.8, 4) is 0 Å². The number of carbonyl (C=O) groups excluding carboxylic acids is 3. The number of unbranched alkanes of at least 4 members (excludes halogenated alkanes) is 10. The van der Waals surface area contributed by atoms with Crippen molar-refractivity contribution in [3.05, 3.63) is 194 Å². The van der Waals surface area contributed by atoms with Crippen molar-refractivity contribution in [2.45, 2.75) is 232 Å². The van der Waals surface area contributed by atoms with Gasteiger partial charge in [-0.3, -0.25) is 14.4 Å². The van der Waals surface area contributed by atoms with Gasteiger partial charge in [0.15, 0.2) is 6.10 Å². The first-order chi connectivity index (χ1) is 39.0. The zero-order valence-electron chi connectivity index (χ0n) is 50.0. The van der Waals surface area contributed by atoms with Gasteiger partial charge in [0.05, 0.1) is 0 Å². The molecule has 0 heterocycles. The van der Waals surface area contributed by atoms with Gasteiger partial charge in [0.25, 0.3) is 0 Å². The summed E-state index contributed by atoms with van der Waals surface area (Å²) >= 11 is 0. The van der Waals surface area contributed by atoms with Gasteiger partial charge in [0.2, 0.25) is 0 Å². The van der Waals surface area contributed by atoms with E-state index in [1.54, 1.807) is 0 Å². The van der Waals surface area contributed by atoms with Crippen LogP contribution in [0.1, 0.15) is 226 Å². The molecule has 438 valence electrons. The summed E-state index contributed by atoms with van der Waals surface area (Å²) in [5.41, 5.74) is 0. The molecular weight excluding hydrogens is 973 g/mol. The van der Waals surface area contributed by atoms with Crippen molar-refractivity contribution in [1.29, 1.82) is 0 Å². The molecular formula is C73H110O6. The van der Waals surface area contributed by atoms with Gasteiger partial charge < -0.3 is 14.2 Å². The second kappa shape index (κ2) is 64.8. The fraction of sp³-hybridized carbons (Fsp3) is 0.521. The van der Waals surface area contributed by atoms with Gasteiger partial charge in [-0.25, -0.2) is 0 Å².